The highest BCUT2D eigenvalue weighted by atomic mass is 127. The number of aliphatic imine (C=N–C) groups is 1. The maximum Gasteiger partial charge on any atom is 0.191 e. The van der Waals surface area contributed by atoms with Crippen molar-refractivity contribution in [2.45, 2.75) is 26.2 Å². The van der Waals surface area contributed by atoms with E-state index < -0.39 is 0 Å². The highest BCUT2D eigenvalue weighted by Gasteiger charge is 2.34. The van der Waals surface area contributed by atoms with Crippen molar-refractivity contribution in [3.8, 4) is 5.75 Å². The molecule has 0 bridgehead atoms. The second-order valence-electron chi connectivity index (χ2n) is 6.46. The normalized spacial score (nSPS) is 19.7. The molecule has 1 aliphatic rings. The van der Waals surface area contributed by atoms with Crippen molar-refractivity contribution in [2.24, 2.45) is 10.4 Å². The van der Waals surface area contributed by atoms with Gasteiger partial charge in [0.2, 0.25) is 0 Å². The molecule has 1 atom stereocenters. The molecule has 1 aromatic rings. The molecule has 0 amide bonds. The van der Waals surface area contributed by atoms with Crippen LogP contribution in [-0.2, 0) is 11.2 Å². The molecular formula is C19H32IN3O3. The lowest BCUT2D eigenvalue weighted by Gasteiger charge is -2.24. The number of hydrogen-bond acceptors (Lipinski definition) is 4. The van der Waals surface area contributed by atoms with Gasteiger partial charge in [-0.05, 0) is 37.8 Å². The van der Waals surface area contributed by atoms with Crippen LogP contribution in [0.4, 0.5) is 0 Å². The Morgan fingerprint density at radius 3 is 2.81 bits per heavy atom. The molecule has 0 spiro atoms. The van der Waals surface area contributed by atoms with Gasteiger partial charge in [-0.2, -0.15) is 0 Å². The molecule has 1 saturated heterocycles. The van der Waals surface area contributed by atoms with Gasteiger partial charge in [-0.1, -0.05) is 18.2 Å². The lowest BCUT2D eigenvalue weighted by molar-refractivity contribution is 0.131. The third kappa shape index (κ3) is 6.92. The van der Waals surface area contributed by atoms with Gasteiger partial charge in [0.15, 0.2) is 5.96 Å². The smallest absolute Gasteiger partial charge is 0.191 e. The maximum absolute atomic E-state index is 9.33. The summed E-state index contributed by atoms with van der Waals surface area (Å²) in [6.45, 7) is 5.92. The molecular weight excluding hydrogens is 445 g/mol. The monoisotopic (exact) mass is 477 g/mol. The third-order valence-corrected chi connectivity index (χ3v) is 4.62. The number of nitrogens with zero attached hydrogens (tertiary/aromatic N) is 1. The van der Waals surface area contributed by atoms with Gasteiger partial charge in [-0.3, -0.25) is 4.99 Å². The van der Waals surface area contributed by atoms with E-state index in [1.165, 1.54) is 5.56 Å². The lowest BCUT2D eigenvalue weighted by atomic mass is 9.84. The number of para-hydroxylation sites is 1. The number of hydrogen-bond donors (Lipinski definition) is 3. The molecule has 1 unspecified atom stereocenters. The van der Waals surface area contributed by atoms with E-state index in [1.54, 1.807) is 7.11 Å². The van der Waals surface area contributed by atoms with E-state index in [-0.39, 0.29) is 36.0 Å². The zero-order chi connectivity index (χ0) is 18.0. The summed E-state index contributed by atoms with van der Waals surface area (Å²) in [5.41, 5.74) is 1.15. The first-order valence-electron chi connectivity index (χ1n) is 9.06. The van der Waals surface area contributed by atoms with E-state index in [9.17, 15) is 5.11 Å². The number of halogens is 1. The average Bonchev–Trinajstić information content (AvgIpc) is 3.09. The summed E-state index contributed by atoms with van der Waals surface area (Å²) >= 11 is 0. The number of nitrogens with one attached hydrogen (secondary N) is 2. The average molecular weight is 477 g/mol. The van der Waals surface area contributed by atoms with Crippen LogP contribution in [0, 0.1) is 5.41 Å². The Kier molecular flexibility index (Phi) is 10.9. The number of methoxy groups -OCH3 is 1. The van der Waals surface area contributed by atoms with E-state index >= 15 is 0 Å². The number of aliphatic hydroxyl groups excluding tert-OH is 1. The minimum atomic E-state index is -0.0280. The first-order chi connectivity index (χ1) is 12.2. The summed E-state index contributed by atoms with van der Waals surface area (Å²) in [4.78, 5) is 4.73. The Labute approximate surface area is 173 Å². The summed E-state index contributed by atoms with van der Waals surface area (Å²) in [6, 6.07) is 8.06. The van der Waals surface area contributed by atoms with E-state index in [2.05, 4.69) is 23.6 Å². The molecule has 1 aromatic carbocycles. The molecule has 6 nitrogen and oxygen atoms in total. The minimum Gasteiger partial charge on any atom is -0.496 e. The molecule has 0 aliphatic carbocycles. The number of rotatable bonds is 9. The van der Waals surface area contributed by atoms with Gasteiger partial charge in [0.25, 0.3) is 0 Å². The molecule has 1 fully saturated rings. The largest absolute Gasteiger partial charge is 0.496 e. The van der Waals surface area contributed by atoms with Crippen molar-refractivity contribution >= 4 is 29.9 Å². The number of benzene rings is 1. The fraction of sp³-hybridized carbons (Fsp3) is 0.632. The zero-order valence-electron chi connectivity index (χ0n) is 15.8. The first kappa shape index (κ1) is 23.0. The standard InChI is InChI=1S/C19H31N3O3.HI/c1-3-20-18(22-14-19(9-12-23)10-13-25-15-19)21-11-8-16-6-4-5-7-17(16)24-2;/h4-7,23H,3,8-15H2,1-2H3,(H2,20,21,22);1H. The molecule has 0 aromatic heterocycles. The van der Waals surface area contributed by atoms with Gasteiger partial charge in [0.05, 0.1) is 20.3 Å². The van der Waals surface area contributed by atoms with Gasteiger partial charge < -0.3 is 25.2 Å². The van der Waals surface area contributed by atoms with Crippen LogP contribution in [0.5, 0.6) is 5.75 Å². The summed E-state index contributed by atoms with van der Waals surface area (Å²) < 4.78 is 10.9. The van der Waals surface area contributed by atoms with Crippen LogP contribution >= 0.6 is 24.0 Å². The summed E-state index contributed by atoms with van der Waals surface area (Å²) in [6.07, 6.45) is 2.55. The Morgan fingerprint density at radius 2 is 2.15 bits per heavy atom. The molecule has 148 valence electrons. The van der Waals surface area contributed by atoms with E-state index in [0.717, 1.165) is 50.7 Å². The van der Waals surface area contributed by atoms with Crippen molar-refractivity contribution in [1.82, 2.24) is 10.6 Å². The highest BCUT2D eigenvalue weighted by molar-refractivity contribution is 14.0. The van der Waals surface area contributed by atoms with Crippen LogP contribution < -0.4 is 15.4 Å². The van der Waals surface area contributed by atoms with Gasteiger partial charge in [-0.15, -0.1) is 24.0 Å². The SMILES string of the molecule is CCNC(=NCC1(CCO)CCOC1)NCCc1ccccc1OC.I. The van der Waals surface area contributed by atoms with Crippen molar-refractivity contribution < 1.29 is 14.6 Å². The Morgan fingerprint density at radius 1 is 1.35 bits per heavy atom. The molecule has 0 radical (unpaired) electrons. The second kappa shape index (κ2) is 12.3. The maximum atomic E-state index is 9.33. The Bertz CT molecular complexity index is 549. The lowest BCUT2D eigenvalue weighted by Crippen LogP contribution is -2.39. The van der Waals surface area contributed by atoms with Crippen LogP contribution in [0.15, 0.2) is 29.3 Å². The number of guanidine groups is 1. The van der Waals surface area contributed by atoms with E-state index in [1.807, 2.05) is 18.2 Å². The highest BCUT2D eigenvalue weighted by Crippen LogP contribution is 2.32. The Hall–Kier alpha value is -1.06. The van der Waals surface area contributed by atoms with Crippen LogP contribution in [0.3, 0.4) is 0 Å². The quantitative estimate of drug-likeness (QED) is 0.289. The number of aliphatic hydroxyl groups is 1. The summed E-state index contributed by atoms with van der Waals surface area (Å²) in [5, 5.41) is 16.0. The topological polar surface area (TPSA) is 75.1 Å². The summed E-state index contributed by atoms with van der Waals surface area (Å²) in [7, 11) is 1.70. The van der Waals surface area contributed by atoms with Gasteiger partial charge in [0.1, 0.15) is 5.75 Å². The molecule has 7 heteroatoms. The van der Waals surface area contributed by atoms with Crippen LogP contribution in [0.1, 0.15) is 25.3 Å². The zero-order valence-corrected chi connectivity index (χ0v) is 18.1. The van der Waals surface area contributed by atoms with Crippen molar-refractivity contribution in [3.63, 3.8) is 0 Å². The fourth-order valence-electron chi connectivity index (χ4n) is 3.10. The molecule has 3 N–H and O–H groups in total. The Balaban J connectivity index is 0.00000338. The van der Waals surface area contributed by atoms with Crippen molar-refractivity contribution in [3.05, 3.63) is 29.8 Å². The van der Waals surface area contributed by atoms with Gasteiger partial charge >= 0.3 is 0 Å². The van der Waals surface area contributed by atoms with E-state index in [4.69, 9.17) is 14.5 Å². The van der Waals surface area contributed by atoms with Crippen LogP contribution in [0.25, 0.3) is 0 Å². The number of ether oxygens (including phenoxy) is 2. The minimum absolute atomic E-state index is 0. The summed E-state index contributed by atoms with van der Waals surface area (Å²) in [5.74, 6) is 1.72. The third-order valence-electron chi connectivity index (χ3n) is 4.62. The van der Waals surface area contributed by atoms with Gasteiger partial charge in [0, 0.05) is 31.7 Å². The fourth-order valence-corrected chi connectivity index (χ4v) is 3.10. The predicted molar refractivity (Wildman–Crippen MR) is 116 cm³/mol. The molecule has 1 heterocycles. The second-order valence-corrected chi connectivity index (χ2v) is 6.46. The van der Waals surface area contributed by atoms with Crippen molar-refractivity contribution in [1.29, 1.82) is 0 Å². The molecule has 26 heavy (non-hydrogen) atoms. The van der Waals surface area contributed by atoms with Crippen LogP contribution in [0.2, 0.25) is 0 Å². The first-order valence-corrected chi connectivity index (χ1v) is 9.06. The molecule has 2 rings (SSSR count). The van der Waals surface area contributed by atoms with Crippen LogP contribution in [-0.4, -0.2) is 57.6 Å². The van der Waals surface area contributed by atoms with Gasteiger partial charge in [-0.25, -0.2) is 0 Å². The molecule has 0 saturated carbocycles. The van der Waals surface area contributed by atoms with Crippen molar-refractivity contribution in [2.75, 3.05) is 46.6 Å². The predicted octanol–water partition coefficient (Wildman–Crippen LogP) is 2.20. The van der Waals surface area contributed by atoms with E-state index in [0.29, 0.717) is 13.2 Å². The molecule has 1 aliphatic heterocycles.